The van der Waals surface area contributed by atoms with Crippen LogP contribution < -0.4 is 19.7 Å². The largest absolute Gasteiger partial charge is 0.454 e. The molecule has 0 spiro atoms. The smallest absolute Gasteiger partial charge is 0.251 e. The van der Waals surface area contributed by atoms with E-state index in [9.17, 15) is 4.79 Å². The molecule has 0 radical (unpaired) electrons. The summed E-state index contributed by atoms with van der Waals surface area (Å²) in [7, 11) is 2.19. The van der Waals surface area contributed by atoms with Gasteiger partial charge in [0.25, 0.3) is 5.91 Å². The summed E-state index contributed by atoms with van der Waals surface area (Å²) in [5, 5.41) is 3.14. The topological polar surface area (TPSA) is 54.0 Å². The Morgan fingerprint density at radius 2 is 2.00 bits per heavy atom. The standard InChI is InChI=1S/C24H29N3O3/c1-26(20-5-3-2-4-6-20)14-19-15-27-10-9-17(19)11-21(27)13-25-24(28)18-7-8-22-23(12-18)30-16-29-22/h2-8,12,17,19,21H,9-11,13-16H2,1H3,(H,25,28). The molecule has 6 nitrogen and oxygen atoms in total. The third kappa shape index (κ3) is 3.84. The Labute approximate surface area is 177 Å². The molecule has 2 aromatic carbocycles. The van der Waals surface area contributed by atoms with Crippen molar-refractivity contribution in [1.82, 2.24) is 10.2 Å². The Morgan fingerprint density at radius 1 is 1.17 bits per heavy atom. The first-order chi connectivity index (χ1) is 14.7. The van der Waals surface area contributed by atoms with Gasteiger partial charge in [0, 0.05) is 44.0 Å². The zero-order valence-electron chi connectivity index (χ0n) is 17.4. The van der Waals surface area contributed by atoms with Gasteiger partial charge in [-0.25, -0.2) is 0 Å². The van der Waals surface area contributed by atoms with E-state index in [4.69, 9.17) is 9.47 Å². The Morgan fingerprint density at radius 3 is 2.80 bits per heavy atom. The van der Waals surface area contributed by atoms with Crippen molar-refractivity contribution >= 4 is 11.6 Å². The van der Waals surface area contributed by atoms with Crippen LogP contribution in [0.3, 0.4) is 0 Å². The van der Waals surface area contributed by atoms with E-state index in [2.05, 4.69) is 52.5 Å². The molecular weight excluding hydrogens is 378 g/mol. The molecule has 2 aromatic rings. The minimum atomic E-state index is -0.0451. The highest BCUT2D eigenvalue weighted by molar-refractivity contribution is 5.94. The van der Waals surface area contributed by atoms with E-state index >= 15 is 0 Å². The SMILES string of the molecule is CN(CC1CN2CCC1CC2CNC(=O)c1ccc2c(c1)OCO2)c1ccccc1. The first-order valence-electron chi connectivity index (χ1n) is 10.9. The summed E-state index contributed by atoms with van der Waals surface area (Å²) < 4.78 is 10.7. The number of fused-ring (bicyclic) bond motifs is 4. The number of piperidine rings is 3. The maximum atomic E-state index is 12.6. The monoisotopic (exact) mass is 407 g/mol. The fourth-order valence-electron chi connectivity index (χ4n) is 5.16. The minimum Gasteiger partial charge on any atom is -0.454 e. The number of para-hydroxylation sites is 1. The summed E-state index contributed by atoms with van der Waals surface area (Å²) in [5.41, 5.74) is 1.90. The zero-order chi connectivity index (χ0) is 20.5. The van der Waals surface area contributed by atoms with Crippen molar-refractivity contribution in [3.05, 3.63) is 54.1 Å². The third-order valence-electron chi connectivity index (χ3n) is 6.85. The second-order valence-corrected chi connectivity index (χ2v) is 8.69. The van der Waals surface area contributed by atoms with Gasteiger partial charge in [-0.1, -0.05) is 18.2 Å². The first-order valence-corrected chi connectivity index (χ1v) is 10.9. The van der Waals surface area contributed by atoms with Crippen LogP contribution >= 0.6 is 0 Å². The van der Waals surface area contributed by atoms with Gasteiger partial charge in [0.15, 0.2) is 11.5 Å². The van der Waals surface area contributed by atoms with E-state index < -0.39 is 0 Å². The van der Waals surface area contributed by atoms with Crippen LogP contribution in [0.2, 0.25) is 0 Å². The van der Waals surface area contributed by atoms with E-state index in [0.29, 0.717) is 35.6 Å². The summed E-state index contributed by atoms with van der Waals surface area (Å²) in [4.78, 5) is 17.6. The molecule has 3 saturated heterocycles. The fraction of sp³-hybridized carbons (Fsp3) is 0.458. The second kappa shape index (κ2) is 8.19. The molecule has 1 amide bonds. The molecule has 6 heteroatoms. The first kappa shape index (κ1) is 19.2. The van der Waals surface area contributed by atoms with Crippen molar-refractivity contribution < 1.29 is 14.3 Å². The predicted octanol–water partition coefficient (Wildman–Crippen LogP) is 2.99. The van der Waals surface area contributed by atoms with Gasteiger partial charge in [-0.05, 0) is 61.6 Å². The number of rotatable bonds is 6. The molecule has 4 unspecified atom stereocenters. The van der Waals surface area contributed by atoms with E-state index in [0.717, 1.165) is 32.0 Å². The third-order valence-corrected chi connectivity index (χ3v) is 6.85. The van der Waals surface area contributed by atoms with Gasteiger partial charge in [-0.15, -0.1) is 0 Å². The molecule has 2 bridgehead atoms. The highest BCUT2D eigenvalue weighted by atomic mass is 16.7. The van der Waals surface area contributed by atoms with Gasteiger partial charge in [-0.3, -0.25) is 9.69 Å². The molecule has 6 rings (SSSR count). The molecule has 0 aliphatic carbocycles. The number of anilines is 1. The molecule has 0 saturated carbocycles. The average Bonchev–Trinajstić information content (AvgIpc) is 3.26. The predicted molar refractivity (Wildman–Crippen MR) is 116 cm³/mol. The maximum Gasteiger partial charge on any atom is 0.251 e. The summed E-state index contributed by atoms with van der Waals surface area (Å²) in [5.74, 6) is 2.72. The van der Waals surface area contributed by atoms with Crippen LogP contribution in [-0.2, 0) is 0 Å². The number of hydrogen-bond acceptors (Lipinski definition) is 5. The number of carbonyl (C=O) groups excluding carboxylic acids is 1. The lowest BCUT2D eigenvalue weighted by Crippen LogP contribution is -2.58. The van der Waals surface area contributed by atoms with Gasteiger partial charge in [0.2, 0.25) is 6.79 Å². The Hall–Kier alpha value is -2.73. The molecule has 4 atom stereocenters. The van der Waals surface area contributed by atoms with E-state index in [-0.39, 0.29) is 12.7 Å². The number of carbonyl (C=O) groups is 1. The highest BCUT2D eigenvalue weighted by Gasteiger charge is 2.40. The van der Waals surface area contributed by atoms with Crippen LogP contribution in [0.5, 0.6) is 11.5 Å². The van der Waals surface area contributed by atoms with E-state index in [1.807, 2.05) is 0 Å². The molecule has 3 fully saturated rings. The molecule has 4 aliphatic rings. The van der Waals surface area contributed by atoms with Gasteiger partial charge in [-0.2, -0.15) is 0 Å². The number of nitrogens with zero attached hydrogens (tertiary/aromatic N) is 2. The fourth-order valence-corrected chi connectivity index (χ4v) is 5.16. The van der Waals surface area contributed by atoms with Crippen molar-refractivity contribution in [2.24, 2.45) is 11.8 Å². The summed E-state index contributed by atoms with van der Waals surface area (Å²) >= 11 is 0. The zero-order valence-corrected chi connectivity index (χ0v) is 17.4. The van der Waals surface area contributed by atoms with Gasteiger partial charge >= 0.3 is 0 Å². The van der Waals surface area contributed by atoms with Crippen LogP contribution in [0.15, 0.2) is 48.5 Å². The lowest BCUT2D eigenvalue weighted by molar-refractivity contribution is 0.00517. The second-order valence-electron chi connectivity index (χ2n) is 8.69. The minimum absolute atomic E-state index is 0.0451. The Bertz CT molecular complexity index is 904. The van der Waals surface area contributed by atoms with Crippen LogP contribution in [0.1, 0.15) is 23.2 Å². The number of ether oxygens (including phenoxy) is 2. The van der Waals surface area contributed by atoms with Crippen molar-refractivity contribution in [3.8, 4) is 11.5 Å². The Kier molecular flexibility index (Phi) is 5.25. The van der Waals surface area contributed by atoms with Crippen molar-refractivity contribution in [2.75, 3.05) is 44.9 Å². The van der Waals surface area contributed by atoms with Crippen LogP contribution in [0.4, 0.5) is 5.69 Å². The van der Waals surface area contributed by atoms with E-state index in [1.165, 1.54) is 12.1 Å². The van der Waals surface area contributed by atoms with Gasteiger partial charge < -0.3 is 19.7 Å². The summed E-state index contributed by atoms with van der Waals surface area (Å²) in [6.07, 6.45) is 2.43. The molecule has 4 heterocycles. The molecule has 30 heavy (non-hydrogen) atoms. The summed E-state index contributed by atoms with van der Waals surface area (Å²) in [6, 6.07) is 16.4. The summed E-state index contributed by atoms with van der Waals surface area (Å²) in [6.45, 7) is 4.26. The molecule has 4 aliphatic heterocycles. The lowest BCUT2D eigenvalue weighted by atomic mass is 9.75. The van der Waals surface area contributed by atoms with Gasteiger partial charge in [0.1, 0.15) is 0 Å². The number of benzene rings is 2. The molecule has 158 valence electrons. The normalized spacial score (nSPS) is 26.4. The molecule has 1 N–H and O–H groups in total. The van der Waals surface area contributed by atoms with Crippen molar-refractivity contribution in [2.45, 2.75) is 18.9 Å². The molecule has 0 aromatic heterocycles. The highest BCUT2D eigenvalue weighted by Crippen LogP contribution is 2.37. The van der Waals surface area contributed by atoms with Crippen LogP contribution in [0, 0.1) is 11.8 Å². The van der Waals surface area contributed by atoms with Crippen molar-refractivity contribution in [1.29, 1.82) is 0 Å². The van der Waals surface area contributed by atoms with E-state index in [1.54, 1.807) is 18.2 Å². The lowest BCUT2D eigenvalue weighted by Gasteiger charge is -2.50. The molecular formula is C24H29N3O3. The quantitative estimate of drug-likeness (QED) is 0.798. The Balaban J connectivity index is 1.15. The van der Waals surface area contributed by atoms with Crippen molar-refractivity contribution in [3.63, 3.8) is 0 Å². The van der Waals surface area contributed by atoms with Crippen LogP contribution in [0.25, 0.3) is 0 Å². The van der Waals surface area contributed by atoms with Gasteiger partial charge in [0.05, 0.1) is 0 Å². The number of hydrogen-bond donors (Lipinski definition) is 1. The van der Waals surface area contributed by atoms with Crippen LogP contribution in [-0.4, -0.2) is 56.9 Å². The number of nitrogens with one attached hydrogen (secondary N) is 1. The maximum absolute atomic E-state index is 12.6. The average molecular weight is 408 g/mol. The number of amides is 1.